The van der Waals surface area contributed by atoms with Crippen molar-refractivity contribution >= 4 is 21.9 Å². The van der Waals surface area contributed by atoms with Gasteiger partial charge >= 0.3 is 0 Å². The van der Waals surface area contributed by atoms with Crippen LogP contribution in [0.3, 0.4) is 0 Å². The van der Waals surface area contributed by atoms with Crippen molar-refractivity contribution < 1.29 is 8.94 Å². The lowest BCUT2D eigenvalue weighted by molar-refractivity contribution is 0.594. The van der Waals surface area contributed by atoms with Crippen molar-refractivity contribution in [3.05, 3.63) is 72.5 Å². The van der Waals surface area contributed by atoms with E-state index in [9.17, 15) is 8.94 Å². The molecule has 0 amide bonds. The van der Waals surface area contributed by atoms with Crippen LogP contribution in [0.5, 0.6) is 0 Å². The molecule has 3 aromatic rings. The molecule has 1 unspecified atom stereocenters. The molecular formula is C16H11FOS. The monoisotopic (exact) mass is 270 g/mol. The maximum atomic E-state index is 14.0. The first-order valence-electron chi connectivity index (χ1n) is 5.91. The lowest BCUT2D eigenvalue weighted by Gasteiger charge is -2.12. The van der Waals surface area contributed by atoms with Crippen LogP contribution in [0.1, 0.15) is 0 Å². The zero-order valence-electron chi connectivity index (χ0n) is 10.0. The molecule has 0 spiro atoms. The maximum absolute atomic E-state index is 14.0. The molecule has 94 valence electrons. The van der Waals surface area contributed by atoms with E-state index < -0.39 is 11.2 Å². The molecule has 0 saturated heterocycles. The van der Waals surface area contributed by atoms with Gasteiger partial charge in [0.15, 0.2) is 9.79 Å². The highest BCUT2D eigenvalue weighted by molar-refractivity contribution is 7.91. The minimum atomic E-state index is -1.37. The average Bonchev–Trinajstić information content (AvgIpc) is 2.47. The second-order valence-electron chi connectivity index (χ2n) is 4.18. The van der Waals surface area contributed by atoms with E-state index in [4.69, 9.17) is 0 Å². The first kappa shape index (κ1) is 12.2. The molecule has 3 rings (SSSR count). The predicted molar refractivity (Wildman–Crippen MR) is 75.0 cm³/mol. The molecule has 3 aromatic carbocycles. The molecule has 0 aromatic heterocycles. The Kier molecular flexibility index (Phi) is 3.23. The normalized spacial score (nSPS) is 12.5. The Labute approximate surface area is 113 Å². The van der Waals surface area contributed by atoms with E-state index in [2.05, 4.69) is 0 Å². The average molecular weight is 270 g/mol. The fourth-order valence-electron chi connectivity index (χ4n) is 2.09. The first-order valence-corrected chi connectivity index (χ1v) is 7.06. The zero-order chi connectivity index (χ0) is 13.2. The molecule has 0 saturated carbocycles. The Hall–Kier alpha value is -1.84. The van der Waals surface area contributed by atoms with Crippen molar-refractivity contribution in [2.24, 2.45) is 0 Å². The second kappa shape index (κ2) is 5.03. The van der Waals surface area contributed by atoms with Crippen molar-refractivity contribution in [2.75, 3.05) is 0 Å². The summed E-state index contributed by atoms with van der Waals surface area (Å²) in [5.41, 5.74) is 0. The van der Waals surface area contributed by atoms with Crippen LogP contribution in [-0.4, -0.2) is 4.55 Å². The minimum absolute atomic E-state index is 0.336. The van der Waals surface area contributed by atoms with Crippen molar-refractivity contribution in [3.63, 3.8) is 0 Å². The third-order valence-corrected chi connectivity index (χ3v) is 4.41. The molecule has 0 N–H and O–H groups in total. The Morgan fingerprint density at radius 2 is 1.47 bits per heavy atom. The van der Waals surface area contributed by atoms with Gasteiger partial charge in [0.25, 0.3) is 0 Å². The SMILES string of the molecule is [O-][S+](c1ccccc1)c1cccc2cccc(F)c12. The van der Waals surface area contributed by atoms with E-state index in [1.54, 1.807) is 30.3 Å². The van der Waals surface area contributed by atoms with Crippen LogP contribution < -0.4 is 0 Å². The van der Waals surface area contributed by atoms with Gasteiger partial charge in [-0.25, -0.2) is 4.39 Å². The fourth-order valence-corrected chi connectivity index (χ4v) is 3.35. The van der Waals surface area contributed by atoms with Gasteiger partial charge in [0.2, 0.25) is 0 Å². The number of fused-ring (bicyclic) bond motifs is 1. The number of halogens is 1. The summed E-state index contributed by atoms with van der Waals surface area (Å²) in [6.45, 7) is 0. The Balaban J connectivity index is 2.21. The summed E-state index contributed by atoms with van der Waals surface area (Å²) in [6, 6.07) is 19.3. The van der Waals surface area contributed by atoms with Gasteiger partial charge in [-0.15, -0.1) is 0 Å². The van der Waals surface area contributed by atoms with Crippen LogP contribution in [-0.2, 0) is 11.2 Å². The third-order valence-electron chi connectivity index (χ3n) is 2.97. The van der Waals surface area contributed by atoms with Gasteiger partial charge in [0.05, 0.1) is 5.39 Å². The van der Waals surface area contributed by atoms with Crippen LogP contribution in [0.4, 0.5) is 4.39 Å². The predicted octanol–water partition coefficient (Wildman–Crippen LogP) is 4.15. The van der Waals surface area contributed by atoms with Crippen LogP contribution in [0, 0.1) is 5.82 Å². The number of rotatable bonds is 2. The lowest BCUT2D eigenvalue weighted by atomic mass is 10.1. The van der Waals surface area contributed by atoms with Gasteiger partial charge in [-0.1, -0.05) is 42.5 Å². The molecule has 0 aliphatic carbocycles. The molecule has 0 fully saturated rings. The van der Waals surface area contributed by atoms with E-state index >= 15 is 0 Å². The standard InChI is InChI=1S/C16H11FOS/c17-14-10-4-6-12-7-5-11-15(16(12)14)19(18)13-8-2-1-3-9-13/h1-11H. The molecule has 0 aliphatic heterocycles. The van der Waals surface area contributed by atoms with Crippen LogP contribution in [0.15, 0.2) is 76.5 Å². The molecule has 1 nitrogen and oxygen atoms in total. The Morgan fingerprint density at radius 3 is 2.21 bits per heavy atom. The molecule has 0 aliphatic rings. The summed E-state index contributed by atoms with van der Waals surface area (Å²) in [6.07, 6.45) is 0. The summed E-state index contributed by atoms with van der Waals surface area (Å²) < 4.78 is 26.5. The highest BCUT2D eigenvalue weighted by Crippen LogP contribution is 2.29. The van der Waals surface area contributed by atoms with Crippen molar-refractivity contribution in [1.29, 1.82) is 0 Å². The Morgan fingerprint density at radius 1 is 0.789 bits per heavy atom. The maximum Gasteiger partial charge on any atom is 0.169 e. The van der Waals surface area contributed by atoms with Crippen molar-refractivity contribution in [3.8, 4) is 0 Å². The molecule has 0 radical (unpaired) electrons. The summed E-state index contributed by atoms with van der Waals surface area (Å²) in [5, 5.41) is 1.20. The van der Waals surface area contributed by atoms with Gasteiger partial charge in [-0.2, -0.15) is 0 Å². The minimum Gasteiger partial charge on any atom is -0.606 e. The zero-order valence-corrected chi connectivity index (χ0v) is 10.9. The summed E-state index contributed by atoms with van der Waals surface area (Å²) in [4.78, 5) is 1.19. The van der Waals surface area contributed by atoms with Gasteiger partial charge in [0, 0.05) is 11.2 Å². The van der Waals surface area contributed by atoms with Gasteiger partial charge in [-0.3, -0.25) is 0 Å². The van der Waals surface area contributed by atoms with E-state index in [1.165, 1.54) is 6.07 Å². The number of hydrogen-bond donors (Lipinski definition) is 0. The van der Waals surface area contributed by atoms with Crippen LogP contribution >= 0.6 is 0 Å². The molecule has 0 heterocycles. The third kappa shape index (κ3) is 2.23. The highest BCUT2D eigenvalue weighted by atomic mass is 32.2. The summed E-state index contributed by atoms with van der Waals surface area (Å²) in [5.74, 6) is -0.336. The lowest BCUT2D eigenvalue weighted by Crippen LogP contribution is -2.03. The number of benzene rings is 3. The molecular weight excluding hydrogens is 259 g/mol. The second-order valence-corrected chi connectivity index (χ2v) is 5.62. The van der Waals surface area contributed by atoms with Gasteiger partial charge < -0.3 is 4.55 Å². The molecule has 19 heavy (non-hydrogen) atoms. The summed E-state index contributed by atoms with van der Waals surface area (Å²) >= 11 is -1.37. The Bertz CT molecular complexity index is 707. The molecule has 3 heteroatoms. The smallest absolute Gasteiger partial charge is 0.169 e. The van der Waals surface area contributed by atoms with Crippen molar-refractivity contribution in [2.45, 2.75) is 9.79 Å². The quantitative estimate of drug-likeness (QED) is 0.642. The van der Waals surface area contributed by atoms with E-state index in [-0.39, 0.29) is 5.82 Å². The van der Waals surface area contributed by atoms with E-state index in [1.807, 2.05) is 30.3 Å². The van der Waals surface area contributed by atoms with E-state index in [0.717, 1.165) is 5.39 Å². The number of hydrogen-bond acceptors (Lipinski definition) is 1. The summed E-state index contributed by atoms with van der Waals surface area (Å²) in [7, 11) is 0. The van der Waals surface area contributed by atoms with Gasteiger partial charge in [-0.05, 0) is 29.7 Å². The van der Waals surface area contributed by atoms with Crippen LogP contribution in [0.25, 0.3) is 10.8 Å². The van der Waals surface area contributed by atoms with Crippen LogP contribution in [0.2, 0.25) is 0 Å². The first-order chi connectivity index (χ1) is 9.27. The fraction of sp³-hybridized carbons (Fsp3) is 0. The largest absolute Gasteiger partial charge is 0.606 e. The highest BCUT2D eigenvalue weighted by Gasteiger charge is 2.19. The van der Waals surface area contributed by atoms with E-state index in [0.29, 0.717) is 15.2 Å². The topological polar surface area (TPSA) is 23.1 Å². The van der Waals surface area contributed by atoms with Gasteiger partial charge in [0.1, 0.15) is 5.82 Å². The van der Waals surface area contributed by atoms with Crippen molar-refractivity contribution in [1.82, 2.24) is 0 Å². The molecule has 1 atom stereocenters. The molecule has 0 bridgehead atoms.